The van der Waals surface area contributed by atoms with E-state index in [1.807, 2.05) is 13.8 Å². The van der Waals surface area contributed by atoms with Crippen LogP contribution in [-0.2, 0) is 13.0 Å². The van der Waals surface area contributed by atoms with Gasteiger partial charge in [-0.15, -0.1) is 0 Å². The smallest absolute Gasteiger partial charge is 0.257 e. The van der Waals surface area contributed by atoms with Crippen molar-refractivity contribution in [2.75, 3.05) is 5.32 Å². The molecule has 0 radical (unpaired) electrons. The highest BCUT2D eigenvalue weighted by molar-refractivity contribution is 5.39. The summed E-state index contributed by atoms with van der Waals surface area (Å²) in [4.78, 5) is 4.19. The molecule has 2 rings (SSSR count). The fraction of sp³-hybridized carbons (Fsp3) is 0.545. The Hall–Kier alpha value is -1.99. The first kappa shape index (κ1) is 13.4. The predicted molar refractivity (Wildman–Crippen MR) is 63.9 cm³/mol. The normalized spacial score (nSPS) is 12.9. The van der Waals surface area contributed by atoms with Crippen LogP contribution in [0.15, 0.2) is 16.9 Å². The van der Waals surface area contributed by atoms with Crippen molar-refractivity contribution < 1.29 is 13.3 Å². The Morgan fingerprint density at radius 3 is 2.89 bits per heavy atom. The molecule has 1 atom stereocenters. The molecule has 2 aromatic heterocycles. The second kappa shape index (κ2) is 5.77. The molecular weight excluding hydrogens is 256 g/mol. The number of alkyl halides is 2. The standard InChI is InChI=1S/C11H15F2N5O/c1-3-10-16-11(19-17-10)7(2)15-8-4-14-18(5-8)6-9(12)13/h4-5,7,9,15H,3,6H2,1-2H3/t7-/m0/s1. The van der Waals surface area contributed by atoms with Crippen molar-refractivity contribution in [3.63, 3.8) is 0 Å². The van der Waals surface area contributed by atoms with Crippen molar-refractivity contribution in [2.45, 2.75) is 39.3 Å². The van der Waals surface area contributed by atoms with E-state index in [2.05, 4.69) is 20.6 Å². The average Bonchev–Trinajstić information content (AvgIpc) is 2.97. The largest absolute Gasteiger partial charge is 0.371 e. The summed E-state index contributed by atoms with van der Waals surface area (Å²) in [7, 11) is 0. The molecule has 0 amide bonds. The lowest BCUT2D eigenvalue weighted by atomic mass is 10.3. The second-order valence-corrected chi connectivity index (χ2v) is 4.11. The highest BCUT2D eigenvalue weighted by Crippen LogP contribution is 2.17. The van der Waals surface area contributed by atoms with Gasteiger partial charge in [0.25, 0.3) is 6.43 Å². The third kappa shape index (κ3) is 3.49. The lowest BCUT2D eigenvalue weighted by Crippen LogP contribution is -2.08. The first-order valence-electron chi connectivity index (χ1n) is 5.98. The number of nitrogens with one attached hydrogen (secondary N) is 1. The van der Waals surface area contributed by atoms with Crippen LogP contribution in [0.1, 0.15) is 31.6 Å². The van der Waals surface area contributed by atoms with E-state index in [0.29, 0.717) is 23.8 Å². The van der Waals surface area contributed by atoms with Gasteiger partial charge >= 0.3 is 0 Å². The van der Waals surface area contributed by atoms with Crippen LogP contribution in [0.4, 0.5) is 14.5 Å². The third-order valence-electron chi connectivity index (χ3n) is 2.51. The van der Waals surface area contributed by atoms with Crippen molar-refractivity contribution in [3.8, 4) is 0 Å². The predicted octanol–water partition coefficient (Wildman–Crippen LogP) is 2.27. The lowest BCUT2D eigenvalue weighted by molar-refractivity contribution is 0.122. The Labute approximate surface area is 108 Å². The van der Waals surface area contributed by atoms with Gasteiger partial charge in [-0.1, -0.05) is 12.1 Å². The molecule has 0 bridgehead atoms. The lowest BCUT2D eigenvalue weighted by Gasteiger charge is -2.08. The quantitative estimate of drug-likeness (QED) is 0.872. The maximum absolute atomic E-state index is 12.2. The van der Waals surface area contributed by atoms with Gasteiger partial charge in [0.15, 0.2) is 5.82 Å². The number of aryl methyl sites for hydroxylation is 1. The monoisotopic (exact) mass is 271 g/mol. The molecule has 0 spiro atoms. The number of hydrogen-bond donors (Lipinski definition) is 1. The average molecular weight is 271 g/mol. The molecule has 1 N–H and O–H groups in total. The summed E-state index contributed by atoms with van der Waals surface area (Å²) in [6.07, 6.45) is 1.27. The first-order valence-corrected chi connectivity index (χ1v) is 5.98. The number of aromatic nitrogens is 4. The van der Waals surface area contributed by atoms with Gasteiger partial charge in [0.05, 0.1) is 11.9 Å². The van der Waals surface area contributed by atoms with Crippen molar-refractivity contribution in [1.29, 1.82) is 0 Å². The highest BCUT2D eigenvalue weighted by atomic mass is 19.3. The van der Waals surface area contributed by atoms with Gasteiger partial charge in [-0.05, 0) is 6.92 Å². The van der Waals surface area contributed by atoms with E-state index < -0.39 is 13.0 Å². The van der Waals surface area contributed by atoms with Crippen LogP contribution in [0.3, 0.4) is 0 Å². The topological polar surface area (TPSA) is 68.8 Å². The van der Waals surface area contributed by atoms with Crippen LogP contribution in [-0.4, -0.2) is 26.3 Å². The fourth-order valence-corrected chi connectivity index (χ4v) is 1.58. The summed E-state index contributed by atoms with van der Waals surface area (Å²) in [5.74, 6) is 1.09. The van der Waals surface area contributed by atoms with Gasteiger partial charge in [0.1, 0.15) is 12.6 Å². The molecule has 0 unspecified atom stereocenters. The molecule has 0 saturated heterocycles. The highest BCUT2D eigenvalue weighted by Gasteiger charge is 2.14. The maximum Gasteiger partial charge on any atom is 0.257 e. The molecule has 0 aliphatic rings. The number of rotatable bonds is 6. The minimum absolute atomic E-state index is 0.211. The van der Waals surface area contributed by atoms with E-state index in [4.69, 9.17) is 4.52 Å². The van der Waals surface area contributed by atoms with Crippen molar-refractivity contribution in [3.05, 3.63) is 24.1 Å². The minimum atomic E-state index is -2.42. The van der Waals surface area contributed by atoms with Gasteiger partial charge in [0.2, 0.25) is 5.89 Å². The number of hydrogen-bond acceptors (Lipinski definition) is 5. The van der Waals surface area contributed by atoms with E-state index in [1.54, 1.807) is 0 Å². The van der Waals surface area contributed by atoms with Crippen LogP contribution in [0, 0.1) is 0 Å². The van der Waals surface area contributed by atoms with Crippen LogP contribution < -0.4 is 5.32 Å². The molecule has 2 heterocycles. The summed E-state index contributed by atoms with van der Waals surface area (Å²) in [6.45, 7) is 3.36. The Morgan fingerprint density at radius 1 is 1.47 bits per heavy atom. The van der Waals surface area contributed by atoms with E-state index in [0.717, 1.165) is 0 Å². The molecule has 0 saturated carbocycles. The Bertz CT molecular complexity index is 525. The van der Waals surface area contributed by atoms with Crippen molar-refractivity contribution in [1.82, 2.24) is 19.9 Å². The van der Waals surface area contributed by atoms with Gasteiger partial charge in [0, 0.05) is 12.6 Å². The summed E-state index contributed by atoms with van der Waals surface area (Å²) in [5.41, 5.74) is 0.629. The number of anilines is 1. The SMILES string of the molecule is CCc1noc([C@H](C)Nc2cnn(CC(F)F)c2)n1. The molecule has 0 aromatic carbocycles. The summed E-state index contributed by atoms with van der Waals surface area (Å²) < 4.78 is 30.6. The van der Waals surface area contributed by atoms with Gasteiger partial charge in [-0.2, -0.15) is 10.1 Å². The summed E-state index contributed by atoms with van der Waals surface area (Å²) >= 11 is 0. The zero-order valence-corrected chi connectivity index (χ0v) is 10.7. The van der Waals surface area contributed by atoms with Crippen LogP contribution in [0.2, 0.25) is 0 Å². The third-order valence-corrected chi connectivity index (χ3v) is 2.51. The minimum Gasteiger partial charge on any atom is -0.371 e. The molecule has 19 heavy (non-hydrogen) atoms. The van der Waals surface area contributed by atoms with Crippen molar-refractivity contribution in [2.24, 2.45) is 0 Å². The zero-order valence-electron chi connectivity index (χ0n) is 10.7. The van der Waals surface area contributed by atoms with Crippen LogP contribution >= 0.6 is 0 Å². The summed E-state index contributed by atoms with van der Waals surface area (Å²) in [5, 5.41) is 10.7. The molecular formula is C11H15F2N5O. The maximum atomic E-state index is 12.2. The molecule has 6 nitrogen and oxygen atoms in total. The van der Waals surface area contributed by atoms with E-state index in [1.165, 1.54) is 17.1 Å². The van der Waals surface area contributed by atoms with Crippen molar-refractivity contribution >= 4 is 5.69 Å². The van der Waals surface area contributed by atoms with Gasteiger partial charge in [-0.25, -0.2) is 8.78 Å². The molecule has 0 aliphatic carbocycles. The molecule has 8 heteroatoms. The molecule has 0 fully saturated rings. The van der Waals surface area contributed by atoms with E-state index in [9.17, 15) is 8.78 Å². The number of halogens is 2. The van der Waals surface area contributed by atoms with Gasteiger partial charge in [-0.3, -0.25) is 4.68 Å². The Balaban J connectivity index is 1.98. The van der Waals surface area contributed by atoms with Crippen LogP contribution in [0.25, 0.3) is 0 Å². The summed E-state index contributed by atoms with van der Waals surface area (Å²) in [6, 6.07) is -0.211. The number of nitrogens with zero attached hydrogens (tertiary/aromatic N) is 4. The molecule has 0 aliphatic heterocycles. The molecule has 104 valence electrons. The van der Waals surface area contributed by atoms with Gasteiger partial charge < -0.3 is 9.84 Å². The first-order chi connectivity index (χ1) is 9.08. The Kier molecular flexibility index (Phi) is 4.08. The van der Waals surface area contributed by atoms with E-state index in [-0.39, 0.29) is 6.04 Å². The fourth-order valence-electron chi connectivity index (χ4n) is 1.58. The Morgan fingerprint density at radius 2 is 2.26 bits per heavy atom. The van der Waals surface area contributed by atoms with E-state index >= 15 is 0 Å². The van der Waals surface area contributed by atoms with Crippen LogP contribution in [0.5, 0.6) is 0 Å². The second-order valence-electron chi connectivity index (χ2n) is 4.11. The zero-order chi connectivity index (χ0) is 13.8. The molecule has 2 aromatic rings.